The molecule has 0 aliphatic heterocycles. The Kier molecular flexibility index (Phi) is 3.68. The first kappa shape index (κ1) is 13.4. The summed E-state index contributed by atoms with van der Waals surface area (Å²) in [6.45, 7) is 1.95. The van der Waals surface area contributed by atoms with E-state index in [1.807, 2.05) is 0 Å². The molecule has 0 N–H and O–H groups in total. The average Bonchev–Trinajstić information content (AvgIpc) is 2.59. The summed E-state index contributed by atoms with van der Waals surface area (Å²) in [6.07, 6.45) is 4.36. The summed E-state index contributed by atoms with van der Waals surface area (Å²) in [7, 11) is 1.47. The summed E-state index contributed by atoms with van der Waals surface area (Å²) in [5, 5.41) is 0. The van der Waals surface area contributed by atoms with Crippen LogP contribution in [0.25, 0.3) is 0 Å². The van der Waals surface area contributed by atoms with Crippen LogP contribution in [0, 0.1) is 0 Å². The van der Waals surface area contributed by atoms with Crippen LogP contribution >= 0.6 is 10.7 Å². The zero-order chi connectivity index (χ0) is 13.3. The molecule has 2 rings (SSSR count). The van der Waals surface area contributed by atoms with Gasteiger partial charge in [0.2, 0.25) is 0 Å². The second-order valence-electron chi connectivity index (χ2n) is 4.21. The van der Waals surface area contributed by atoms with Crippen molar-refractivity contribution in [2.75, 3.05) is 6.61 Å². The molecule has 1 aliphatic rings. The summed E-state index contributed by atoms with van der Waals surface area (Å²) >= 11 is 0. The van der Waals surface area contributed by atoms with Crippen molar-refractivity contribution in [1.29, 1.82) is 0 Å². The van der Waals surface area contributed by atoms with Crippen LogP contribution in [-0.4, -0.2) is 25.6 Å². The number of hydrogen-bond acceptors (Lipinski definition) is 4. The number of carbonyl (C=O) groups excluding carboxylic acids is 1. The highest BCUT2D eigenvalue weighted by atomic mass is 35.7. The van der Waals surface area contributed by atoms with Gasteiger partial charge in [0.15, 0.2) is 0 Å². The second-order valence-corrected chi connectivity index (χ2v) is 6.78. The average molecular weight is 292 g/mol. The van der Waals surface area contributed by atoms with Crippen molar-refractivity contribution < 1.29 is 17.9 Å². The van der Waals surface area contributed by atoms with Gasteiger partial charge < -0.3 is 9.30 Å². The van der Waals surface area contributed by atoms with Crippen LogP contribution < -0.4 is 0 Å². The van der Waals surface area contributed by atoms with Crippen molar-refractivity contribution in [1.82, 2.24) is 4.57 Å². The third-order valence-corrected chi connectivity index (χ3v) is 4.38. The maximum Gasteiger partial charge on any atom is 0.354 e. The Morgan fingerprint density at radius 1 is 1.56 bits per heavy atom. The molecule has 7 heteroatoms. The Balaban J connectivity index is 2.42. The van der Waals surface area contributed by atoms with Crippen LogP contribution in [0.15, 0.2) is 17.2 Å². The molecule has 1 fully saturated rings. The second kappa shape index (κ2) is 4.93. The van der Waals surface area contributed by atoms with Gasteiger partial charge in [-0.05, 0) is 32.3 Å². The van der Waals surface area contributed by atoms with Gasteiger partial charge in [0.25, 0.3) is 9.05 Å². The molecule has 100 valence electrons. The van der Waals surface area contributed by atoms with Crippen molar-refractivity contribution in [2.24, 2.45) is 0 Å². The normalized spacial score (nSPS) is 16.3. The number of carbonyl (C=O) groups is 1. The Morgan fingerprint density at radius 2 is 2.22 bits per heavy atom. The van der Waals surface area contributed by atoms with E-state index in [2.05, 4.69) is 0 Å². The number of nitrogens with zero attached hydrogens (tertiary/aromatic N) is 1. The summed E-state index contributed by atoms with van der Waals surface area (Å²) in [5.41, 5.74) is 0.251. The van der Waals surface area contributed by atoms with Gasteiger partial charge in [0.05, 0.1) is 6.61 Å². The topological polar surface area (TPSA) is 65.4 Å². The van der Waals surface area contributed by atoms with Gasteiger partial charge in [0.1, 0.15) is 10.6 Å². The SMILES string of the molecule is CCOC(=O)c1cc(S(=O)(=O)Cl)cn1C1CCC1. The highest BCUT2D eigenvalue weighted by molar-refractivity contribution is 8.13. The van der Waals surface area contributed by atoms with Gasteiger partial charge in [0, 0.05) is 22.9 Å². The van der Waals surface area contributed by atoms with Crippen molar-refractivity contribution in [3.8, 4) is 0 Å². The number of esters is 1. The highest BCUT2D eigenvalue weighted by Gasteiger charge is 2.27. The van der Waals surface area contributed by atoms with E-state index in [0.717, 1.165) is 19.3 Å². The van der Waals surface area contributed by atoms with Gasteiger partial charge in [-0.2, -0.15) is 0 Å². The fraction of sp³-hybridized carbons (Fsp3) is 0.545. The van der Waals surface area contributed by atoms with Crippen molar-refractivity contribution in [3.63, 3.8) is 0 Å². The van der Waals surface area contributed by atoms with E-state index in [4.69, 9.17) is 15.4 Å². The molecule has 1 aromatic rings. The van der Waals surface area contributed by atoms with Crippen LogP contribution in [0.1, 0.15) is 42.7 Å². The Hall–Kier alpha value is -1.01. The maximum atomic E-state index is 11.8. The third kappa shape index (κ3) is 2.54. The Morgan fingerprint density at radius 3 is 2.67 bits per heavy atom. The molecular formula is C11H14ClNO4S. The number of aromatic nitrogens is 1. The lowest BCUT2D eigenvalue weighted by molar-refractivity contribution is 0.0507. The smallest absolute Gasteiger partial charge is 0.354 e. The molecule has 0 bridgehead atoms. The summed E-state index contributed by atoms with van der Waals surface area (Å²) in [5.74, 6) is -0.518. The minimum atomic E-state index is -3.83. The molecule has 0 atom stereocenters. The first-order valence-electron chi connectivity index (χ1n) is 5.77. The van der Waals surface area contributed by atoms with E-state index in [1.54, 1.807) is 11.5 Å². The van der Waals surface area contributed by atoms with Crippen LogP contribution in [0.5, 0.6) is 0 Å². The molecule has 0 amide bonds. The number of hydrogen-bond donors (Lipinski definition) is 0. The van der Waals surface area contributed by atoms with E-state index in [9.17, 15) is 13.2 Å². The zero-order valence-corrected chi connectivity index (χ0v) is 11.5. The van der Waals surface area contributed by atoms with Gasteiger partial charge in [-0.15, -0.1) is 0 Å². The highest BCUT2D eigenvalue weighted by Crippen LogP contribution is 2.34. The monoisotopic (exact) mass is 291 g/mol. The molecule has 1 aliphatic carbocycles. The fourth-order valence-electron chi connectivity index (χ4n) is 1.92. The van der Waals surface area contributed by atoms with Crippen molar-refractivity contribution >= 4 is 25.7 Å². The van der Waals surface area contributed by atoms with Gasteiger partial charge in [-0.1, -0.05) is 0 Å². The standard InChI is InChI=1S/C11H14ClNO4S/c1-2-17-11(14)10-6-9(18(12,15)16)7-13(10)8-4-3-5-8/h6-8H,2-5H2,1H3. The molecule has 18 heavy (non-hydrogen) atoms. The van der Waals surface area contributed by atoms with Crippen LogP contribution in [-0.2, 0) is 13.8 Å². The molecule has 0 aromatic carbocycles. The fourth-order valence-corrected chi connectivity index (χ4v) is 2.67. The summed E-state index contributed by atoms with van der Waals surface area (Å²) in [4.78, 5) is 11.7. The molecule has 1 aromatic heterocycles. The van der Waals surface area contributed by atoms with Crippen LogP contribution in [0.3, 0.4) is 0 Å². The minimum Gasteiger partial charge on any atom is -0.461 e. The number of rotatable bonds is 4. The molecule has 0 spiro atoms. The largest absolute Gasteiger partial charge is 0.461 e. The van der Waals surface area contributed by atoms with E-state index < -0.39 is 15.0 Å². The molecule has 5 nitrogen and oxygen atoms in total. The quantitative estimate of drug-likeness (QED) is 0.631. The van der Waals surface area contributed by atoms with Crippen LogP contribution in [0.2, 0.25) is 0 Å². The Bertz CT molecular complexity index is 560. The molecule has 0 radical (unpaired) electrons. The predicted molar refractivity (Wildman–Crippen MR) is 66.3 cm³/mol. The van der Waals surface area contributed by atoms with Crippen molar-refractivity contribution in [2.45, 2.75) is 37.1 Å². The van der Waals surface area contributed by atoms with E-state index >= 15 is 0 Å². The van der Waals surface area contributed by atoms with E-state index in [1.165, 1.54) is 12.3 Å². The predicted octanol–water partition coefficient (Wildman–Crippen LogP) is 2.32. The lowest BCUT2D eigenvalue weighted by Crippen LogP contribution is -2.21. The molecule has 1 saturated carbocycles. The molecule has 0 unspecified atom stereocenters. The summed E-state index contributed by atoms with van der Waals surface area (Å²) in [6, 6.07) is 1.44. The molecule has 1 heterocycles. The van der Waals surface area contributed by atoms with E-state index in [0.29, 0.717) is 0 Å². The van der Waals surface area contributed by atoms with Crippen LogP contribution in [0.4, 0.5) is 0 Å². The maximum absolute atomic E-state index is 11.8. The zero-order valence-electron chi connectivity index (χ0n) is 9.93. The lowest BCUT2D eigenvalue weighted by Gasteiger charge is -2.28. The molecule has 0 saturated heterocycles. The molecular weight excluding hydrogens is 278 g/mol. The number of halogens is 1. The number of ether oxygens (including phenoxy) is 1. The summed E-state index contributed by atoms with van der Waals surface area (Å²) < 4.78 is 29.2. The Labute approximate surface area is 110 Å². The van der Waals surface area contributed by atoms with Gasteiger partial charge >= 0.3 is 5.97 Å². The van der Waals surface area contributed by atoms with Gasteiger partial charge in [-0.25, -0.2) is 13.2 Å². The lowest BCUT2D eigenvalue weighted by atomic mass is 9.93. The minimum absolute atomic E-state index is 0.0564. The van der Waals surface area contributed by atoms with Crippen molar-refractivity contribution in [3.05, 3.63) is 18.0 Å². The van der Waals surface area contributed by atoms with Gasteiger partial charge in [-0.3, -0.25) is 0 Å². The third-order valence-electron chi connectivity index (χ3n) is 3.06. The first-order chi connectivity index (χ1) is 8.43. The first-order valence-corrected chi connectivity index (χ1v) is 8.08. The van der Waals surface area contributed by atoms with E-state index in [-0.39, 0.29) is 23.2 Å².